The SMILES string of the molecule is Cc1c(OCc2ccccc2)ccc(Cl)c1NC(=O)N=C(N)N. The summed E-state index contributed by atoms with van der Waals surface area (Å²) in [6, 6.07) is 12.4. The van der Waals surface area contributed by atoms with E-state index in [1.807, 2.05) is 30.3 Å². The number of nitrogens with two attached hydrogens (primary N) is 2. The van der Waals surface area contributed by atoms with Crippen LogP contribution in [0.15, 0.2) is 47.5 Å². The maximum absolute atomic E-state index is 11.7. The van der Waals surface area contributed by atoms with Crippen LogP contribution in [0.5, 0.6) is 5.75 Å². The Morgan fingerprint density at radius 2 is 1.91 bits per heavy atom. The molecule has 2 aromatic rings. The van der Waals surface area contributed by atoms with Crippen LogP contribution in [0, 0.1) is 6.92 Å². The summed E-state index contributed by atoms with van der Waals surface area (Å²) in [7, 11) is 0. The van der Waals surface area contributed by atoms with Gasteiger partial charge < -0.3 is 21.5 Å². The van der Waals surface area contributed by atoms with Gasteiger partial charge in [0, 0.05) is 5.56 Å². The van der Waals surface area contributed by atoms with Gasteiger partial charge in [0.15, 0.2) is 5.96 Å². The molecule has 0 bridgehead atoms. The fourth-order valence-electron chi connectivity index (χ4n) is 1.96. The van der Waals surface area contributed by atoms with E-state index in [1.165, 1.54) is 0 Å². The maximum Gasteiger partial charge on any atom is 0.348 e. The minimum absolute atomic E-state index is 0.326. The van der Waals surface area contributed by atoms with Crippen molar-refractivity contribution >= 4 is 29.3 Å². The molecule has 0 aliphatic rings. The van der Waals surface area contributed by atoms with Gasteiger partial charge in [-0.25, -0.2) is 4.79 Å². The first-order valence-corrected chi connectivity index (χ1v) is 7.21. The Bertz CT molecular complexity index is 728. The highest BCUT2D eigenvalue weighted by Crippen LogP contribution is 2.33. The van der Waals surface area contributed by atoms with Crippen molar-refractivity contribution in [2.45, 2.75) is 13.5 Å². The molecular formula is C16H17ClN4O2. The molecule has 2 rings (SSSR count). The molecule has 0 saturated carbocycles. The lowest BCUT2D eigenvalue weighted by Crippen LogP contribution is -2.25. The lowest BCUT2D eigenvalue weighted by molar-refractivity contribution is 0.259. The molecule has 2 aromatic carbocycles. The molecule has 7 heteroatoms. The summed E-state index contributed by atoms with van der Waals surface area (Å²) < 4.78 is 5.79. The summed E-state index contributed by atoms with van der Waals surface area (Å²) in [6.07, 6.45) is 0. The fourth-order valence-corrected chi connectivity index (χ4v) is 2.21. The lowest BCUT2D eigenvalue weighted by Gasteiger charge is -2.14. The zero-order valence-electron chi connectivity index (χ0n) is 12.5. The molecule has 0 saturated heterocycles. The van der Waals surface area contributed by atoms with E-state index >= 15 is 0 Å². The number of aliphatic imine (C=N–C) groups is 1. The average molecular weight is 333 g/mol. The number of amides is 2. The average Bonchev–Trinajstić information content (AvgIpc) is 2.51. The van der Waals surface area contributed by atoms with Crippen LogP contribution in [0.4, 0.5) is 10.5 Å². The number of nitrogens with one attached hydrogen (secondary N) is 1. The van der Waals surface area contributed by atoms with Gasteiger partial charge in [0.1, 0.15) is 12.4 Å². The van der Waals surface area contributed by atoms with Crippen molar-refractivity contribution < 1.29 is 9.53 Å². The predicted molar refractivity (Wildman–Crippen MR) is 91.8 cm³/mol. The van der Waals surface area contributed by atoms with Crippen molar-refractivity contribution in [3.8, 4) is 5.75 Å². The highest BCUT2D eigenvalue weighted by atomic mass is 35.5. The Morgan fingerprint density at radius 1 is 1.22 bits per heavy atom. The van der Waals surface area contributed by atoms with Gasteiger partial charge in [-0.2, -0.15) is 4.99 Å². The largest absolute Gasteiger partial charge is 0.489 e. The van der Waals surface area contributed by atoms with Crippen LogP contribution in [0.3, 0.4) is 0 Å². The molecule has 0 heterocycles. The molecule has 0 spiro atoms. The van der Waals surface area contributed by atoms with Gasteiger partial charge in [-0.1, -0.05) is 41.9 Å². The van der Waals surface area contributed by atoms with E-state index in [9.17, 15) is 4.79 Å². The molecule has 0 unspecified atom stereocenters. The number of hydrogen-bond acceptors (Lipinski definition) is 2. The van der Waals surface area contributed by atoms with Crippen molar-refractivity contribution in [3.05, 3.63) is 58.6 Å². The molecule has 2 amide bonds. The van der Waals surface area contributed by atoms with Gasteiger partial charge in [0.25, 0.3) is 0 Å². The number of hydrogen-bond donors (Lipinski definition) is 3. The fraction of sp³-hybridized carbons (Fsp3) is 0.125. The summed E-state index contributed by atoms with van der Waals surface area (Å²) in [5.41, 5.74) is 12.5. The topological polar surface area (TPSA) is 103 Å². The van der Waals surface area contributed by atoms with E-state index < -0.39 is 6.03 Å². The third-order valence-corrected chi connectivity index (χ3v) is 3.38. The molecule has 0 fully saturated rings. The van der Waals surface area contributed by atoms with Gasteiger partial charge in [0.2, 0.25) is 0 Å². The summed E-state index contributed by atoms with van der Waals surface area (Å²) >= 11 is 6.12. The van der Waals surface area contributed by atoms with E-state index in [0.717, 1.165) is 5.56 Å². The molecule has 23 heavy (non-hydrogen) atoms. The van der Waals surface area contributed by atoms with Crippen LogP contribution in [0.1, 0.15) is 11.1 Å². The minimum atomic E-state index is -0.699. The first-order chi connectivity index (χ1) is 11.0. The van der Waals surface area contributed by atoms with E-state index in [1.54, 1.807) is 19.1 Å². The number of ether oxygens (including phenoxy) is 1. The third kappa shape index (κ3) is 4.62. The first-order valence-electron chi connectivity index (χ1n) is 6.84. The number of urea groups is 1. The molecule has 0 aromatic heterocycles. The van der Waals surface area contributed by atoms with Gasteiger partial charge in [0.05, 0.1) is 10.7 Å². The summed E-state index contributed by atoms with van der Waals surface area (Å²) in [6.45, 7) is 2.20. The number of anilines is 1. The lowest BCUT2D eigenvalue weighted by atomic mass is 10.1. The number of nitrogens with zero attached hydrogens (tertiary/aromatic N) is 1. The van der Waals surface area contributed by atoms with Gasteiger partial charge in [-0.15, -0.1) is 0 Å². The monoisotopic (exact) mass is 332 g/mol. The molecule has 0 atom stereocenters. The number of guanidine groups is 1. The first kappa shape index (κ1) is 16.6. The molecule has 120 valence electrons. The van der Waals surface area contributed by atoms with Gasteiger partial charge in [-0.05, 0) is 24.6 Å². The second kappa shape index (κ2) is 7.51. The molecule has 0 radical (unpaired) electrons. The van der Waals surface area contributed by atoms with Crippen molar-refractivity contribution in [3.63, 3.8) is 0 Å². The third-order valence-electron chi connectivity index (χ3n) is 3.06. The second-order valence-corrected chi connectivity index (χ2v) is 5.19. The van der Waals surface area contributed by atoms with Crippen molar-refractivity contribution in [1.29, 1.82) is 0 Å². The number of benzene rings is 2. The highest BCUT2D eigenvalue weighted by molar-refractivity contribution is 6.34. The van der Waals surface area contributed by atoms with E-state index in [2.05, 4.69) is 10.3 Å². The van der Waals surface area contributed by atoms with Crippen LogP contribution in [0.25, 0.3) is 0 Å². The van der Waals surface area contributed by atoms with E-state index in [4.69, 9.17) is 27.8 Å². The number of carbonyl (C=O) groups is 1. The van der Waals surface area contributed by atoms with Gasteiger partial charge >= 0.3 is 6.03 Å². The Labute approximate surface area is 139 Å². The summed E-state index contributed by atoms with van der Waals surface area (Å²) in [5.74, 6) is 0.283. The summed E-state index contributed by atoms with van der Waals surface area (Å²) in [5, 5.41) is 2.92. The maximum atomic E-state index is 11.7. The van der Waals surface area contributed by atoms with Crippen molar-refractivity contribution in [2.75, 3.05) is 5.32 Å². The Kier molecular flexibility index (Phi) is 5.43. The van der Waals surface area contributed by atoms with Crippen molar-refractivity contribution in [1.82, 2.24) is 0 Å². The second-order valence-electron chi connectivity index (χ2n) is 4.79. The number of rotatable bonds is 4. The Hall–Kier alpha value is -2.73. The molecular weight excluding hydrogens is 316 g/mol. The smallest absolute Gasteiger partial charge is 0.348 e. The van der Waals surface area contributed by atoms with Crippen LogP contribution in [-0.2, 0) is 6.61 Å². The highest BCUT2D eigenvalue weighted by Gasteiger charge is 2.12. The predicted octanol–water partition coefficient (Wildman–Crippen LogP) is 3.03. The summed E-state index contributed by atoms with van der Waals surface area (Å²) in [4.78, 5) is 15.1. The zero-order chi connectivity index (χ0) is 16.8. The van der Waals surface area contributed by atoms with E-state index in [-0.39, 0.29) is 5.96 Å². The standard InChI is InChI=1S/C16H17ClN4O2/c1-10-13(23-9-11-5-3-2-4-6-11)8-7-12(17)14(10)20-16(22)21-15(18)19/h2-8H,9H2,1H3,(H5,18,19,20,21,22). The Morgan fingerprint density at radius 3 is 2.57 bits per heavy atom. The zero-order valence-corrected chi connectivity index (χ0v) is 13.3. The van der Waals surface area contributed by atoms with Crippen LogP contribution in [0.2, 0.25) is 5.02 Å². The van der Waals surface area contributed by atoms with Crippen molar-refractivity contribution in [2.24, 2.45) is 16.5 Å². The quantitative estimate of drug-likeness (QED) is 0.591. The molecule has 5 N–H and O–H groups in total. The van der Waals surface area contributed by atoms with Crippen LogP contribution in [-0.4, -0.2) is 12.0 Å². The van der Waals surface area contributed by atoms with Gasteiger partial charge in [-0.3, -0.25) is 0 Å². The normalized spacial score (nSPS) is 10.0. The van der Waals surface area contributed by atoms with Crippen LogP contribution < -0.4 is 21.5 Å². The van der Waals surface area contributed by atoms with Crippen LogP contribution >= 0.6 is 11.6 Å². The number of carbonyl (C=O) groups excluding carboxylic acids is 1. The minimum Gasteiger partial charge on any atom is -0.489 e. The number of halogens is 1. The molecule has 0 aliphatic heterocycles. The molecule has 0 aliphatic carbocycles. The molecule has 6 nitrogen and oxygen atoms in total. The Balaban J connectivity index is 2.17. The van der Waals surface area contributed by atoms with E-state index in [0.29, 0.717) is 28.6 Å².